The van der Waals surface area contributed by atoms with E-state index in [1.54, 1.807) is 26.0 Å². The summed E-state index contributed by atoms with van der Waals surface area (Å²) in [6.07, 6.45) is 3.57. The second-order valence-electron chi connectivity index (χ2n) is 6.58. The minimum absolute atomic E-state index is 0.204. The van der Waals surface area contributed by atoms with Gasteiger partial charge >= 0.3 is 5.97 Å². The average Bonchev–Trinajstić information content (AvgIpc) is 3.22. The number of aryl methyl sites for hydroxylation is 1. The molecule has 2 aromatic rings. The van der Waals surface area contributed by atoms with Crippen LogP contribution in [0.4, 0.5) is 5.00 Å². The number of hydrogen-bond acceptors (Lipinski definition) is 6. The number of amides is 1. The van der Waals surface area contributed by atoms with Gasteiger partial charge in [0.15, 0.2) is 11.5 Å². The van der Waals surface area contributed by atoms with Crippen molar-refractivity contribution < 1.29 is 23.8 Å². The Kier molecular flexibility index (Phi) is 6.04. The molecule has 0 spiro atoms. The topological polar surface area (TPSA) is 73.9 Å². The van der Waals surface area contributed by atoms with Crippen molar-refractivity contribution in [1.29, 1.82) is 0 Å². The lowest BCUT2D eigenvalue weighted by Crippen LogP contribution is -2.16. The maximum absolute atomic E-state index is 12.5. The van der Waals surface area contributed by atoms with E-state index in [0.717, 1.165) is 16.0 Å². The van der Waals surface area contributed by atoms with E-state index in [4.69, 9.17) is 14.2 Å². The van der Waals surface area contributed by atoms with Crippen LogP contribution in [0.15, 0.2) is 24.3 Å². The maximum atomic E-state index is 12.5. The van der Waals surface area contributed by atoms with Gasteiger partial charge in [-0.15, -0.1) is 11.3 Å². The van der Waals surface area contributed by atoms with Crippen molar-refractivity contribution in [3.05, 3.63) is 45.8 Å². The summed E-state index contributed by atoms with van der Waals surface area (Å²) in [7, 11) is 0. The number of benzene rings is 1. The molecule has 0 saturated carbocycles. The molecule has 1 amide bonds. The number of esters is 1. The van der Waals surface area contributed by atoms with Crippen molar-refractivity contribution in [3.63, 3.8) is 0 Å². The number of thiophene rings is 1. The molecular weight excluding hydrogens is 378 g/mol. The zero-order valence-electron chi connectivity index (χ0n) is 16.3. The number of carbonyl (C=O) groups excluding carboxylic acids is 2. The van der Waals surface area contributed by atoms with Crippen LogP contribution in [0.25, 0.3) is 6.08 Å². The van der Waals surface area contributed by atoms with E-state index in [-0.39, 0.29) is 18.8 Å². The van der Waals surface area contributed by atoms with E-state index in [1.165, 1.54) is 17.4 Å². The highest BCUT2D eigenvalue weighted by Gasteiger charge is 2.24. The van der Waals surface area contributed by atoms with Gasteiger partial charge in [-0.2, -0.15) is 0 Å². The molecule has 148 valence electrons. The number of ether oxygens (including phenoxy) is 3. The Balaban J connectivity index is 1.77. The van der Waals surface area contributed by atoms with Crippen molar-refractivity contribution in [3.8, 4) is 11.5 Å². The van der Waals surface area contributed by atoms with Crippen molar-refractivity contribution in [2.24, 2.45) is 0 Å². The number of anilines is 1. The lowest BCUT2D eigenvalue weighted by atomic mass is 10.1. The Morgan fingerprint density at radius 2 is 2.04 bits per heavy atom. The number of nitrogens with one attached hydrogen (secondary N) is 1. The van der Waals surface area contributed by atoms with E-state index in [0.29, 0.717) is 28.5 Å². The first-order valence-electron chi connectivity index (χ1n) is 9.11. The third kappa shape index (κ3) is 4.36. The Labute approximate surface area is 168 Å². The van der Waals surface area contributed by atoms with Crippen molar-refractivity contribution in [1.82, 2.24) is 0 Å². The summed E-state index contributed by atoms with van der Waals surface area (Å²) < 4.78 is 16.0. The first-order chi connectivity index (χ1) is 13.4. The van der Waals surface area contributed by atoms with Crippen molar-refractivity contribution in [2.75, 3.05) is 12.1 Å². The molecule has 3 rings (SSSR count). The molecule has 28 heavy (non-hydrogen) atoms. The van der Waals surface area contributed by atoms with Gasteiger partial charge in [0.2, 0.25) is 12.7 Å². The summed E-state index contributed by atoms with van der Waals surface area (Å²) in [5.74, 6) is 0.616. The minimum atomic E-state index is -0.411. The molecule has 2 heterocycles. The van der Waals surface area contributed by atoms with Gasteiger partial charge in [0, 0.05) is 11.0 Å². The van der Waals surface area contributed by atoms with Gasteiger partial charge in [-0.25, -0.2) is 4.79 Å². The van der Waals surface area contributed by atoms with Crippen LogP contribution in [0.1, 0.15) is 47.1 Å². The highest BCUT2D eigenvalue weighted by molar-refractivity contribution is 7.16. The normalized spacial score (nSPS) is 12.6. The molecule has 1 N–H and O–H groups in total. The molecule has 0 unspecified atom stereocenters. The van der Waals surface area contributed by atoms with Crippen LogP contribution in [0.2, 0.25) is 0 Å². The van der Waals surface area contributed by atoms with Gasteiger partial charge in [0.1, 0.15) is 5.00 Å². The first kappa shape index (κ1) is 19.9. The van der Waals surface area contributed by atoms with E-state index >= 15 is 0 Å². The van der Waals surface area contributed by atoms with E-state index in [9.17, 15) is 9.59 Å². The molecule has 0 bridgehead atoms. The highest BCUT2D eigenvalue weighted by Crippen LogP contribution is 2.35. The standard InChI is InChI=1S/C21H23NO5S/c1-5-15-13(4)28-20(19(15)21(24)27-12(2)3)22-18(23)9-7-14-6-8-16-17(10-14)26-11-25-16/h6-10,12H,5,11H2,1-4H3,(H,22,23)/b9-7+. The summed E-state index contributed by atoms with van der Waals surface area (Å²) in [5.41, 5.74) is 2.17. The second kappa shape index (κ2) is 8.48. The molecule has 0 saturated heterocycles. The molecule has 1 aromatic carbocycles. The summed E-state index contributed by atoms with van der Waals surface area (Å²) in [6.45, 7) is 7.72. The molecule has 0 atom stereocenters. The van der Waals surface area contributed by atoms with Gasteiger partial charge in [0.25, 0.3) is 0 Å². The van der Waals surface area contributed by atoms with Crippen LogP contribution in [0.5, 0.6) is 11.5 Å². The van der Waals surface area contributed by atoms with Crippen LogP contribution in [-0.2, 0) is 16.0 Å². The van der Waals surface area contributed by atoms with Crippen LogP contribution < -0.4 is 14.8 Å². The van der Waals surface area contributed by atoms with Gasteiger partial charge in [-0.05, 0) is 56.5 Å². The quantitative estimate of drug-likeness (QED) is 0.567. The van der Waals surface area contributed by atoms with Crippen LogP contribution in [0.3, 0.4) is 0 Å². The summed E-state index contributed by atoms with van der Waals surface area (Å²) in [6, 6.07) is 5.45. The molecule has 1 aliphatic heterocycles. The predicted octanol–water partition coefficient (Wildman–Crippen LogP) is 4.56. The SMILES string of the molecule is CCc1c(C)sc(NC(=O)/C=C/c2ccc3c(c2)OCO3)c1C(=O)OC(C)C. The fraction of sp³-hybridized carbons (Fsp3) is 0.333. The first-order valence-corrected chi connectivity index (χ1v) is 9.92. The van der Waals surface area contributed by atoms with Gasteiger partial charge in [-0.3, -0.25) is 4.79 Å². The summed E-state index contributed by atoms with van der Waals surface area (Å²) in [4.78, 5) is 25.9. The lowest BCUT2D eigenvalue weighted by molar-refractivity contribution is -0.111. The largest absolute Gasteiger partial charge is 0.459 e. The average molecular weight is 401 g/mol. The van der Waals surface area contributed by atoms with Crippen LogP contribution >= 0.6 is 11.3 Å². The van der Waals surface area contributed by atoms with Gasteiger partial charge < -0.3 is 19.5 Å². The lowest BCUT2D eigenvalue weighted by Gasteiger charge is -2.10. The smallest absolute Gasteiger partial charge is 0.341 e. The second-order valence-corrected chi connectivity index (χ2v) is 7.81. The summed E-state index contributed by atoms with van der Waals surface area (Å²) >= 11 is 1.38. The molecule has 7 heteroatoms. The predicted molar refractivity (Wildman–Crippen MR) is 109 cm³/mol. The molecular formula is C21H23NO5S. The minimum Gasteiger partial charge on any atom is -0.459 e. The van der Waals surface area contributed by atoms with E-state index < -0.39 is 5.97 Å². The fourth-order valence-electron chi connectivity index (χ4n) is 2.92. The fourth-order valence-corrected chi connectivity index (χ4v) is 4.06. The maximum Gasteiger partial charge on any atom is 0.341 e. The zero-order valence-corrected chi connectivity index (χ0v) is 17.1. The molecule has 1 aromatic heterocycles. The van der Waals surface area contributed by atoms with Gasteiger partial charge in [0.05, 0.1) is 11.7 Å². The van der Waals surface area contributed by atoms with Gasteiger partial charge in [-0.1, -0.05) is 13.0 Å². The number of rotatable bonds is 6. The molecule has 0 aliphatic carbocycles. The zero-order chi connectivity index (χ0) is 20.3. The number of carbonyl (C=O) groups is 2. The Morgan fingerprint density at radius 1 is 1.29 bits per heavy atom. The molecule has 0 radical (unpaired) electrons. The van der Waals surface area contributed by atoms with Crippen molar-refractivity contribution >= 4 is 34.3 Å². The molecule has 6 nitrogen and oxygen atoms in total. The van der Waals surface area contributed by atoms with E-state index in [1.807, 2.05) is 26.0 Å². The third-order valence-corrected chi connectivity index (χ3v) is 5.23. The Bertz CT molecular complexity index is 929. The van der Waals surface area contributed by atoms with Crippen molar-refractivity contribution in [2.45, 2.75) is 40.2 Å². The third-order valence-electron chi connectivity index (χ3n) is 4.17. The number of fused-ring (bicyclic) bond motifs is 1. The highest BCUT2D eigenvalue weighted by atomic mass is 32.1. The monoisotopic (exact) mass is 401 g/mol. The Morgan fingerprint density at radius 3 is 2.75 bits per heavy atom. The van der Waals surface area contributed by atoms with Crippen LogP contribution in [-0.4, -0.2) is 24.8 Å². The Hall–Kier alpha value is -2.80. The summed E-state index contributed by atoms with van der Waals surface area (Å²) in [5, 5.41) is 3.33. The molecule has 1 aliphatic rings. The van der Waals surface area contributed by atoms with Crippen LogP contribution in [0, 0.1) is 6.92 Å². The van der Waals surface area contributed by atoms with E-state index in [2.05, 4.69) is 5.32 Å². The number of hydrogen-bond donors (Lipinski definition) is 1. The molecule has 0 fully saturated rings.